The number of aromatic nitrogens is 1. The van der Waals surface area contributed by atoms with E-state index in [0.717, 1.165) is 11.3 Å². The molecule has 1 unspecified atom stereocenters. The number of nitrogens with zero attached hydrogens (tertiary/aromatic N) is 1. The predicted molar refractivity (Wildman–Crippen MR) is 54.0 cm³/mol. The fourth-order valence-corrected chi connectivity index (χ4v) is 1.50. The number of hydrogen-bond acceptors (Lipinski definition) is 2. The van der Waals surface area contributed by atoms with Crippen LogP contribution >= 0.6 is 0 Å². The number of aryl methyl sites for hydroxylation is 2. The third-order valence-electron chi connectivity index (χ3n) is 2.50. The monoisotopic (exact) mass is 196 g/mol. The maximum Gasteiger partial charge on any atom is 0.308 e. The van der Waals surface area contributed by atoms with E-state index in [2.05, 4.69) is 0 Å². The standard InChI is InChI=1S/C10H16N2O2/c1-7-3-4-12(2)9(7)5-8(6-11)10(13)14/h3-4,8H,5-6,11H2,1-2H3,(H,13,14). The molecule has 3 N–H and O–H groups in total. The van der Waals surface area contributed by atoms with E-state index < -0.39 is 11.9 Å². The van der Waals surface area contributed by atoms with Gasteiger partial charge < -0.3 is 15.4 Å². The minimum atomic E-state index is -0.826. The summed E-state index contributed by atoms with van der Waals surface area (Å²) in [5, 5.41) is 8.86. The quantitative estimate of drug-likeness (QED) is 0.738. The molecular formula is C10H16N2O2. The summed E-state index contributed by atoms with van der Waals surface area (Å²) in [6, 6.07) is 1.98. The van der Waals surface area contributed by atoms with Gasteiger partial charge in [-0.2, -0.15) is 0 Å². The molecule has 1 atom stereocenters. The molecule has 0 saturated heterocycles. The second-order valence-corrected chi connectivity index (χ2v) is 3.53. The molecule has 0 amide bonds. The number of carboxylic acid groups (broad SMARTS) is 1. The van der Waals surface area contributed by atoms with Crippen molar-refractivity contribution in [1.29, 1.82) is 0 Å². The first kappa shape index (κ1) is 10.8. The summed E-state index contributed by atoms with van der Waals surface area (Å²) in [5.41, 5.74) is 7.56. The Kier molecular flexibility index (Phi) is 3.30. The lowest BCUT2D eigenvalue weighted by Gasteiger charge is -2.11. The molecule has 4 heteroatoms. The lowest BCUT2D eigenvalue weighted by molar-refractivity contribution is -0.141. The Labute approximate surface area is 83.3 Å². The van der Waals surface area contributed by atoms with Crippen LogP contribution in [0.2, 0.25) is 0 Å². The predicted octanol–water partition coefficient (Wildman–Crippen LogP) is 0.536. The first-order valence-corrected chi connectivity index (χ1v) is 4.60. The second-order valence-electron chi connectivity index (χ2n) is 3.53. The van der Waals surface area contributed by atoms with Crippen molar-refractivity contribution in [2.24, 2.45) is 18.7 Å². The van der Waals surface area contributed by atoms with Crippen molar-refractivity contribution in [1.82, 2.24) is 4.57 Å². The molecule has 0 radical (unpaired) electrons. The largest absolute Gasteiger partial charge is 0.481 e. The van der Waals surface area contributed by atoms with Crippen molar-refractivity contribution >= 4 is 5.97 Å². The molecule has 4 nitrogen and oxygen atoms in total. The van der Waals surface area contributed by atoms with Crippen LogP contribution < -0.4 is 5.73 Å². The van der Waals surface area contributed by atoms with Gasteiger partial charge >= 0.3 is 5.97 Å². The summed E-state index contributed by atoms with van der Waals surface area (Å²) >= 11 is 0. The van der Waals surface area contributed by atoms with Crippen LogP contribution in [-0.2, 0) is 18.3 Å². The molecule has 0 aliphatic heterocycles. The minimum absolute atomic E-state index is 0.181. The molecule has 0 aliphatic rings. The topological polar surface area (TPSA) is 68.2 Å². The fraction of sp³-hybridized carbons (Fsp3) is 0.500. The van der Waals surface area contributed by atoms with Crippen LogP contribution in [0.1, 0.15) is 11.3 Å². The molecule has 1 rings (SSSR count). The van der Waals surface area contributed by atoms with E-state index in [1.165, 1.54) is 0 Å². The highest BCUT2D eigenvalue weighted by Crippen LogP contribution is 2.13. The fourth-order valence-electron chi connectivity index (χ4n) is 1.50. The molecule has 14 heavy (non-hydrogen) atoms. The lowest BCUT2D eigenvalue weighted by Crippen LogP contribution is -2.26. The number of aliphatic carboxylic acids is 1. The van der Waals surface area contributed by atoms with Crippen molar-refractivity contribution in [3.05, 3.63) is 23.5 Å². The summed E-state index contributed by atoms with van der Waals surface area (Å²) < 4.78 is 1.95. The molecule has 0 fully saturated rings. The normalized spacial score (nSPS) is 12.8. The Morgan fingerprint density at radius 3 is 2.71 bits per heavy atom. The zero-order valence-electron chi connectivity index (χ0n) is 8.53. The lowest BCUT2D eigenvalue weighted by atomic mass is 10.0. The molecule has 0 spiro atoms. The van der Waals surface area contributed by atoms with Gasteiger partial charge in [-0.1, -0.05) is 0 Å². The SMILES string of the molecule is Cc1ccn(C)c1CC(CN)C(=O)O. The van der Waals surface area contributed by atoms with Crippen LogP contribution in [-0.4, -0.2) is 22.2 Å². The molecule has 1 aromatic heterocycles. The Morgan fingerprint density at radius 2 is 2.36 bits per heavy atom. The molecule has 0 aromatic carbocycles. The van der Waals surface area contributed by atoms with Crippen LogP contribution in [0.15, 0.2) is 12.3 Å². The Morgan fingerprint density at radius 1 is 1.71 bits per heavy atom. The second kappa shape index (κ2) is 4.28. The van der Waals surface area contributed by atoms with E-state index in [4.69, 9.17) is 10.8 Å². The Balaban J connectivity index is 2.81. The summed E-state index contributed by atoms with van der Waals surface area (Å²) in [6.45, 7) is 2.16. The van der Waals surface area contributed by atoms with E-state index in [1.54, 1.807) is 0 Å². The van der Waals surface area contributed by atoms with Crippen molar-refractivity contribution in [3.63, 3.8) is 0 Å². The van der Waals surface area contributed by atoms with Gasteiger partial charge in [0, 0.05) is 31.9 Å². The van der Waals surface area contributed by atoms with E-state index in [1.807, 2.05) is 30.8 Å². The summed E-state index contributed by atoms with van der Waals surface area (Å²) in [7, 11) is 1.91. The minimum Gasteiger partial charge on any atom is -0.481 e. The van der Waals surface area contributed by atoms with Crippen LogP contribution in [0.25, 0.3) is 0 Å². The van der Waals surface area contributed by atoms with Crippen LogP contribution in [0.3, 0.4) is 0 Å². The molecule has 1 aromatic rings. The molecule has 0 saturated carbocycles. The average Bonchev–Trinajstić information content (AvgIpc) is 2.43. The van der Waals surface area contributed by atoms with Crippen molar-refractivity contribution in [2.75, 3.05) is 6.54 Å². The third-order valence-corrected chi connectivity index (χ3v) is 2.50. The molecule has 0 bridgehead atoms. The smallest absolute Gasteiger partial charge is 0.308 e. The highest BCUT2D eigenvalue weighted by atomic mass is 16.4. The van der Waals surface area contributed by atoms with Gasteiger partial charge in [0.2, 0.25) is 0 Å². The number of hydrogen-bond donors (Lipinski definition) is 2. The van der Waals surface area contributed by atoms with E-state index in [-0.39, 0.29) is 6.54 Å². The third kappa shape index (κ3) is 2.14. The first-order valence-electron chi connectivity index (χ1n) is 4.60. The molecule has 0 aliphatic carbocycles. The van der Waals surface area contributed by atoms with Gasteiger partial charge in [-0.3, -0.25) is 4.79 Å². The van der Waals surface area contributed by atoms with E-state index in [9.17, 15) is 4.79 Å². The van der Waals surface area contributed by atoms with Gasteiger partial charge in [-0.15, -0.1) is 0 Å². The molecular weight excluding hydrogens is 180 g/mol. The molecule has 1 heterocycles. The highest BCUT2D eigenvalue weighted by Gasteiger charge is 2.18. The van der Waals surface area contributed by atoms with Gasteiger partial charge in [0.1, 0.15) is 0 Å². The Bertz CT molecular complexity index is 311. The Hall–Kier alpha value is -1.29. The number of carbonyl (C=O) groups is 1. The van der Waals surface area contributed by atoms with E-state index in [0.29, 0.717) is 6.42 Å². The van der Waals surface area contributed by atoms with Gasteiger partial charge in [0.15, 0.2) is 0 Å². The summed E-state index contributed by atoms with van der Waals surface area (Å²) in [4.78, 5) is 10.8. The summed E-state index contributed by atoms with van der Waals surface area (Å²) in [5.74, 6) is -1.31. The number of nitrogens with two attached hydrogens (primary N) is 1. The molecule has 78 valence electrons. The maximum absolute atomic E-state index is 10.8. The average molecular weight is 196 g/mol. The van der Waals surface area contributed by atoms with Crippen molar-refractivity contribution in [2.45, 2.75) is 13.3 Å². The highest BCUT2D eigenvalue weighted by molar-refractivity contribution is 5.70. The van der Waals surface area contributed by atoms with Crippen LogP contribution in [0.4, 0.5) is 0 Å². The maximum atomic E-state index is 10.8. The van der Waals surface area contributed by atoms with Crippen LogP contribution in [0, 0.1) is 12.8 Å². The van der Waals surface area contributed by atoms with Crippen molar-refractivity contribution < 1.29 is 9.90 Å². The summed E-state index contributed by atoms with van der Waals surface area (Å²) in [6.07, 6.45) is 2.43. The first-order chi connectivity index (χ1) is 6.56. The zero-order chi connectivity index (χ0) is 10.7. The van der Waals surface area contributed by atoms with Gasteiger partial charge in [-0.25, -0.2) is 0 Å². The zero-order valence-corrected chi connectivity index (χ0v) is 8.53. The van der Waals surface area contributed by atoms with E-state index >= 15 is 0 Å². The van der Waals surface area contributed by atoms with Gasteiger partial charge in [0.05, 0.1) is 5.92 Å². The van der Waals surface area contributed by atoms with Crippen LogP contribution in [0.5, 0.6) is 0 Å². The number of rotatable bonds is 4. The van der Waals surface area contributed by atoms with Gasteiger partial charge in [-0.05, 0) is 18.6 Å². The van der Waals surface area contributed by atoms with Crippen molar-refractivity contribution in [3.8, 4) is 0 Å². The van der Waals surface area contributed by atoms with Gasteiger partial charge in [0.25, 0.3) is 0 Å². The number of carboxylic acids is 1.